The SMILES string of the molecule is CCC[C@H]1c2cccn2CCN1C(=O)Nc1ccc(Br)c(C)c1. The molecule has 2 heterocycles. The zero-order chi connectivity index (χ0) is 16.4. The molecule has 1 aromatic heterocycles. The van der Waals surface area contributed by atoms with Gasteiger partial charge in [0.2, 0.25) is 0 Å². The predicted molar refractivity (Wildman–Crippen MR) is 96.7 cm³/mol. The second-order valence-corrected chi connectivity index (χ2v) is 6.87. The van der Waals surface area contributed by atoms with E-state index >= 15 is 0 Å². The van der Waals surface area contributed by atoms with E-state index in [0.717, 1.165) is 41.7 Å². The van der Waals surface area contributed by atoms with Crippen molar-refractivity contribution in [3.8, 4) is 0 Å². The zero-order valence-electron chi connectivity index (χ0n) is 13.6. The van der Waals surface area contributed by atoms with Gasteiger partial charge in [-0.1, -0.05) is 29.3 Å². The summed E-state index contributed by atoms with van der Waals surface area (Å²) in [6.07, 6.45) is 4.14. The van der Waals surface area contributed by atoms with Crippen LogP contribution in [-0.2, 0) is 6.54 Å². The monoisotopic (exact) mass is 375 g/mol. The van der Waals surface area contributed by atoms with E-state index in [1.54, 1.807) is 0 Å². The molecule has 1 atom stereocenters. The summed E-state index contributed by atoms with van der Waals surface area (Å²) in [5, 5.41) is 3.05. The molecule has 0 unspecified atom stereocenters. The van der Waals surface area contributed by atoms with Crippen molar-refractivity contribution in [2.24, 2.45) is 0 Å². The standard InChI is InChI=1S/C18H22BrN3O/c1-3-5-17-16-6-4-9-21(16)10-11-22(17)18(23)20-14-7-8-15(19)13(2)12-14/h4,6-9,12,17H,3,5,10-11H2,1-2H3,(H,20,23)/t17-/m0/s1. The second kappa shape index (κ2) is 6.79. The highest BCUT2D eigenvalue weighted by Crippen LogP contribution is 2.30. The molecule has 0 aliphatic carbocycles. The number of aryl methyl sites for hydroxylation is 1. The third kappa shape index (κ3) is 3.29. The summed E-state index contributed by atoms with van der Waals surface area (Å²) < 4.78 is 3.31. The van der Waals surface area contributed by atoms with E-state index in [9.17, 15) is 4.79 Å². The summed E-state index contributed by atoms with van der Waals surface area (Å²) in [7, 11) is 0. The summed E-state index contributed by atoms with van der Waals surface area (Å²) in [5.74, 6) is 0. The van der Waals surface area contributed by atoms with Crippen LogP contribution in [0.2, 0.25) is 0 Å². The van der Waals surface area contributed by atoms with Crippen LogP contribution in [0.25, 0.3) is 0 Å². The van der Waals surface area contributed by atoms with Crippen LogP contribution >= 0.6 is 15.9 Å². The van der Waals surface area contributed by atoms with Crippen LogP contribution in [0, 0.1) is 6.92 Å². The summed E-state index contributed by atoms with van der Waals surface area (Å²) >= 11 is 3.49. The number of nitrogens with one attached hydrogen (secondary N) is 1. The Morgan fingerprint density at radius 3 is 2.91 bits per heavy atom. The van der Waals surface area contributed by atoms with Gasteiger partial charge in [-0.05, 0) is 49.2 Å². The third-order valence-electron chi connectivity index (χ3n) is 4.40. The maximum atomic E-state index is 12.8. The van der Waals surface area contributed by atoms with Crippen molar-refractivity contribution in [2.45, 2.75) is 39.3 Å². The number of benzene rings is 1. The average molecular weight is 376 g/mol. The number of halogens is 1. The van der Waals surface area contributed by atoms with E-state index in [1.165, 1.54) is 5.69 Å². The van der Waals surface area contributed by atoms with Crippen LogP contribution < -0.4 is 5.32 Å². The van der Waals surface area contributed by atoms with E-state index in [1.807, 2.05) is 30.0 Å². The van der Waals surface area contributed by atoms with Gasteiger partial charge in [0, 0.05) is 35.1 Å². The summed E-state index contributed by atoms with van der Waals surface area (Å²) in [6.45, 7) is 5.78. The van der Waals surface area contributed by atoms with Crippen molar-refractivity contribution in [1.29, 1.82) is 0 Å². The highest BCUT2D eigenvalue weighted by Gasteiger charge is 2.30. The normalized spacial score (nSPS) is 17.0. The number of amides is 2. The van der Waals surface area contributed by atoms with Gasteiger partial charge in [0.05, 0.1) is 6.04 Å². The van der Waals surface area contributed by atoms with E-state index < -0.39 is 0 Å². The summed E-state index contributed by atoms with van der Waals surface area (Å²) in [4.78, 5) is 14.7. The van der Waals surface area contributed by atoms with Crippen molar-refractivity contribution < 1.29 is 4.79 Å². The van der Waals surface area contributed by atoms with Crippen LogP contribution in [-0.4, -0.2) is 22.0 Å². The molecule has 0 fully saturated rings. The van der Waals surface area contributed by atoms with Crippen LogP contribution in [0.3, 0.4) is 0 Å². The van der Waals surface area contributed by atoms with Gasteiger partial charge in [-0.15, -0.1) is 0 Å². The van der Waals surface area contributed by atoms with Crippen molar-refractivity contribution in [3.05, 3.63) is 52.3 Å². The van der Waals surface area contributed by atoms with Crippen molar-refractivity contribution in [3.63, 3.8) is 0 Å². The lowest BCUT2D eigenvalue weighted by Gasteiger charge is -2.37. The minimum absolute atomic E-state index is 0.0161. The molecule has 0 spiro atoms. The van der Waals surface area contributed by atoms with E-state index in [-0.39, 0.29) is 12.1 Å². The van der Waals surface area contributed by atoms with Crippen LogP contribution in [0.5, 0.6) is 0 Å². The molecular formula is C18H22BrN3O. The van der Waals surface area contributed by atoms with Gasteiger partial charge >= 0.3 is 6.03 Å². The third-order valence-corrected chi connectivity index (χ3v) is 5.29. The summed E-state index contributed by atoms with van der Waals surface area (Å²) in [5.41, 5.74) is 3.19. The number of carbonyl (C=O) groups is 1. The van der Waals surface area contributed by atoms with E-state index in [4.69, 9.17) is 0 Å². The molecule has 1 aromatic carbocycles. The van der Waals surface area contributed by atoms with E-state index in [0.29, 0.717) is 0 Å². The molecule has 0 saturated carbocycles. The fourth-order valence-electron chi connectivity index (χ4n) is 3.20. The van der Waals surface area contributed by atoms with Crippen LogP contribution in [0.1, 0.15) is 37.1 Å². The van der Waals surface area contributed by atoms with Gasteiger partial charge < -0.3 is 14.8 Å². The molecule has 1 N–H and O–H groups in total. The van der Waals surface area contributed by atoms with Gasteiger partial charge in [0.15, 0.2) is 0 Å². The molecule has 23 heavy (non-hydrogen) atoms. The maximum Gasteiger partial charge on any atom is 0.322 e. The van der Waals surface area contributed by atoms with Crippen molar-refractivity contribution in [2.75, 3.05) is 11.9 Å². The number of anilines is 1. The Bertz CT molecular complexity index is 710. The average Bonchev–Trinajstić information content (AvgIpc) is 3.00. The number of hydrogen-bond donors (Lipinski definition) is 1. The Kier molecular flexibility index (Phi) is 4.76. The number of nitrogens with zero attached hydrogens (tertiary/aromatic N) is 2. The first kappa shape index (κ1) is 16.1. The minimum Gasteiger partial charge on any atom is -0.348 e. The Balaban J connectivity index is 1.79. The number of carbonyl (C=O) groups excluding carboxylic acids is 1. The molecule has 3 rings (SSSR count). The molecule has 2 aromatic rings. The van der Waals surface area contributed by atoms with Crippen molar-refractivity contribution in [1.82, 2.24) is 9.47 Å². The first-order chi connectivity index (χ1) is 11.1. The largest absolute Gasteiger partial charge is 0.348 e. The molecule has 122 valence electrons. The van der Waals surface area contributed by atoms with Crippen LogP contribution in [0.4, 0.5) is 10.5 Å². The molecular weight excluding hydrogens is 354 g/mol. The molecule has 4 nitrogen and oxygen atoms in total. The van der Waals surface area contributed by atoms with Gasteiger partial charge in [-0.2, -0.15) is 0 Å². The number of urea groups is 1. The number of aromatic nitrogens is 1. The molecule has 0 radical (unpaired) electrons. The Hall–Kier alpha value is -1.75. The number of rotatable bonds is 3. The fourth-order valence-corrected chi connectivity index (χ4v) is 3.45. The molecule has 1 aliphatic heterocycles. The highest BCUT2D eigenvalue weighted by molar-refractivity contribution is 9.10. The first-order valence-electron chi connectivity index (χ1n) is 8.09. The van der Waals surface area contributed by atoms with E-state index in [2.05, 4.69) is 51.1 Å². The molecule has 5 heteroatoms. The molecule has 0 bridgehead atoms. The second-order valence-electron chi connectivity index (χ2n) is 6.02. The Morgan fingerprint density at radius 2 is 2.17 bits per heavy atom. The first-order valence-corrected chi connectivity index (χ1v) is 8.88. The maximum absolute atomic E-state index is 12.8. The van der Waals surface area contributed by atoms with Crippen LogP contribution in [0.15, 0.2) is 41.0 Å². The highest BCUT2D eigenvalue weighted by atomic mass is 79.9. The smallest absolute Gasteiger partial charge is 0.322 e. The molecule has 2 amide bonds. The number of hydrogen-bond acceptors (Lipinski definition) is 1. The quantitative estimate of drug-likeness (QED) is 0.809. The number of fused-ring (bicyclic) bond motifs is 1. The fraction of sp³-hybridized carbons (Fsp3) is 0.389. The zero-order valence-corrected chi connectivity index (χ0v) is 15.1. The molecule has 1 aliphatic rings. The Morgan fingerprint density at radius 1 is 1.35 bits per heavy atom. The lowest BCUT2D eigenvalue weighted by atomic mass is 10.0. The molecule has 0 saturated heterocycles. The van der Waals surface area contributed by atoms with Gasteiger partial charge in [0.25, 0.3) is 0 Å². The topological polar surface area (TPSA) is 37.3 Å². The minimum atomic E-state index is -0.0161. The van der Waals surface area contributed by atoms with Gasteiger partial charge in [-0.3, -0.25) is 0 Å². The van der Waals surface area contributed by atoms with Crippen molar-refractivity contribution >= 4 is 27.6 Å². The van der Waals surface area contributed by atoms with Gasteiger partial charge in [-0.25, -0.2) is 4.79 Å². The Labute approximate surface area is 145 Å². The lowest BCUT2D eigenvalue weighted by Crippen LogP contribution is -2.44. The lowest BCUT2D eigenvalue weighted by molar-refractivity contribution is 0.163. The summed E-state index contributed by atoms with van der Waals surface area (Å²) in [6, 6.07) is 10.2. The predicted octanol–water partition coefficient (Wildman–Crippen LogP) is 4.95. The van der Waals surface area contributed by atoms with Gasteiger partial charge in [0.1, 0.15) is 0 Å².